The molecule has 7 nitrogen and oxygen atoms in total. The normalized spacial score (nSPS) is 63.9. The predicted molar refractivity (Wildman–Crippen MR) is 83.1 cm³/mol. The Labute approximate surface area is 150 Å². The fourth-order valence-electron chi connectivity index (χ4n) is 8.13. The number of hydrogen-bond acceptors (Lipinski definition) is 7. The number of ether oxygens (including phenoxy) is 4. The van der Waals surface area contributed by atoms with Gasteiger partial charge in [0.15, 0.2) is 5.60 Å². The molecule has 6 fully saturated rings. The smallest absolute Gasteiger partial charge is 0.340 e. The predicted octanol–water partition coefficient (Wildman–Crippen LogP) is 1.04. The first-order valence-electron chi connectivity index (χ1n) is 9.55. The summed E-state index contributed by atoms with van der Waals surface area (Å²) in [7, 11) is 0. The van der Waals surface area contributed by atoms with E-state index >= 15 is 0 Å². The Kier molecular flexibility index (Phi) is 2.35. The Hall–Kier alpha value is -1.63. The van der Waals surface area contributed by atoms with Crippen molar-refractivity contribution < 1.29 is 33.3 Å². The first kappa shape index (κ1) is 15.4. The first-order chi connectivity index (χ1) is 12.2. The van der Waals surface area contributed by atoms with Gasteiger partial charge in [0.25, 0.3) is 0 Å². The Morgan fingerprint density at radius 2 is 1.69 bits per heavy atom. The van der Waals surface area contributed by atoms with E-state index in [9.17, 15) is 14.4 Å². The summed E-state index contributed by atoms with van der Waals surface area (Å²) in [5, 5.41) is 0. The molecule has 2 spiro atoms. The Balaban J connectivity index is 1.67. The lowest BCUT2D eigenvalue weighted by Crippen LogP contribution is -2.56. The van der Waals surface area contributed by atoms with E-state index in [1.807, 2.05) is 6.92 Å². The minimum absolute atomic E-state index is 0.0778. The van der Waals surface area contributed by atoms with Gasteiger partial charge in [0.1, 0.15) is 12.2 Å². The summed E-state index contributed by atoms with van der Waals surface area (Å²) in [4.78, 5) is 38.0. The molecule has 7 heteroatoms. The van der Waals surface area contributed by atoms with Crippen LogP contribution in [0.1, 0.15) is 34.1 Å². The van der Waals surface area contributed by atoms with Crippen LogP contribution in [-0.4, -0.2) is 42.0 Å². The van der Waals surface area contributed by atoms with Crippen LogP contribution >= 0.6 is 0 Å². The van der Waals surface area contributed by atoms with Crippen LogP contribution in [0.5, 0.6) is 0 Å². The molecule has 11 atom stereocenters. The Morgan fingerprint density at radius 1 is 0.962 bits per heavy atom. The second-order valence-corrected chi connectivity index (χ2v) is 9.22. The third-order valence-electron chi connectivity index (χ3n) is 9.03. The molecule has 140 valence electrons. The molecule has 0 N–H and O–H groups in total. The molecule has 0 bridgehead atoms. The second kappa shape index (κ2) is 3.96. The molecule has 6 unspecified atom stereocenters. The van der Waals surface area contributed by atoms with Crippen LogP contribution in [0.25, 0.3) is 0 Å². The highest BCUT2D eigenvalue weighted by Crippen LogP contribution is 2.84. The number of rotatable bonds is 0. The van der Waals surface area contributed by atoms with E-state index in [1.165, 1.54) is 0 Å². The standard InChI is InChI=1S/C19H22O7/c1-6-8(3)18-9(4)14(21)25-16(18)26-19-11-7(2)13(20)23-10(11)5-17(18,19)12(6)24-15(19)22/h6-12,16H,5H2,1-4H3/t6-,7-,8?,9-,10?,11?,12?,16-,17?,18?,19+/m0/s1. The van der Waals surface area contributed by atoms with Crippen molar-refractivity contribution in [2.24, 2.45) is 40.4 Å². The van der Waals surface area contributed by atoms with Gasteiger partial charge < -0.3 is 18.9 Å². The highest BCUT2D eigenvalue weighted by atomic mass is 16.7. The van der Waals surface area contributed by atoms with Crippen LogP contribution in [0.15, 0.2) is 0 Å². The van der Waals surface area contributed by atoms with Crippen LogP contribution < -0.4 is 0 Å². The lowest BCUT2D eigenvalue weighted by atomic mass is 9.53. The summed E-state index contributed by atoms with van der Waals surface area (Å²) in [5.74, 6) is -2.05. The topological polar surface area (TPSA) is 88.1 Å². The molecule has 6 rings (SSSR count). The molecule has 0 radical (unpaired) electrons. The number of hydrogen-bond donors (Lipinski definition) is 0. The first-order valence-corrected chi connectivity index (χ1v) is 9.55. The maximum absolute atomic E-state index is 13.3. The Bertz CT molecular complexity index is 793. The zero-order chi connectivity index (χ0) is 18.4. The third-order valence-corrected chi connectivity index (χ3v) is 9.03. The van der Waals surface area contributed by atoms with E-state index < -0.39 is 46.4 Å². The number of carbonyl (C=O) groups excluding carboxylic acids is 3. The van der Waals surface area contributed by atoms with Gasteiger partial charge in [0.2, 0.25) is 6.29 Å². The quantitative estimate of drug-likeness (QED) is 0.470. The van der Waals surface area contributed by atoms with Gasteiger partial charge in [-0.3, -0.25) is 9.59 Å². The minimum Gasteiger partial charge on any atom is -0.462 e. The van der Waals surface area contributed by atoms with Crippen molar-refractivity contribution in [1.29, 1.82) is 0 Å². The molecule has 0 amide bonds. The van der Waals surface area contributed by atoms with E-state index in [-0.39, 0.29) is 36.0 Å². The molecule has 2 saturated carbocycles. The van der Waals surface area contributed by atoms with E-state index in [4.69, 9.17) is 18.9 Å². The van der Waals surface area contributed by atoms with Crippen molar-refractivity contribution in [3.63, 3.8) is 0 Å². The maximum atomic E-state index is 13.3. The van der Waals surface area contributed by atoms with Gasteiger partial charge in [-0.05, 0) is 18.3 Å². The third kappa shape index (κ3) is 1.06. The minimum atomic E-state index is -1.26. The van der Waals surface area contributed by atoms with Crippen molar-refractivity contribution >= 4 is 17.9 Å². The lowest BCUT2D eigenvalue weighted by molar-refractivity contribution is -0.205. The van der Waals surface area contributed by atoms with Crippen molar-refractivity contribution in [2.75, 3.05) is 0 Å². The van der Waals surface area contributed by atoms with Gasteiger partial charge in [0.05, 0.1) is 22.7 Å². The zero-order valence-corrected chi connectivity index (χ0v) is 15.2. The van der Waals surface area contributed by atoms with Crippen LogP contribution in [0.4, 0.5) is 0 Å². The maximum Gasteiger partial charge on any atom is 0.340 e. The van der Waals surface area contributed by atoms with Crippen LogP contribution in [0, 0.1) is 40.4 Å². The highest BCUT2D eigenvalue weighted by molar-refractivity contribution is 5.91. The van der Waals surface area contributed by atoms with Crippen LogP contribution in [-0.2, 0) is 33.3 Å². The summed E-state index contributed by atoms with van der Waals surface area (Å²) >= 11 is 0. The van der Waals surface area contributed by atoms with Gasteiger partial charge in [-0.25, -0.2) is 4.79 Å². The molecule has 0 aromatic carbocycles. The van der Waals surface area contributed by atoms with Crippen LogP contribution in [0.3, 0.4) is 0 Å². The number of esters is 3. The highest BCUT2D eigenvalue weighted by Gasteiger charge is 2.97. The molecular formula is C19H22O7. The van der Waals surface area contributed by atoms with Crippen molar-refractivity contribution in [3.05, 3.63) is 0 Å². The lowest BCUT2D eigenvalue weighted by Gasteiger charge is -2.42. The second-order valence-electron chi connectivity index (χ2n) is 9.22. The fraction of sp³-hybridized carbons (Fsp3) is 0.842. The van der Waals surface area contributed by atoms with Gasteiger partial charge in [-0.15, -0.1) is 0 Å². The molecular weight excluding hydrogens is 340 g/mol. The molecule has 26 heavy (non-hydrogen) atoms. The Morgan fingerprint density at radius 3 is 2.42 bits per heavy atom. The zero-order valence-electron chi connectivity index (χ0n) is 15.2. The number of fused-ring (bicyclic) bond motifs is 1. The summed E-state index contributed by atoms with van der Waals surface area (Å²) in [5.41, 5.74) is -2.57. The average Bonchev–Trinajstić information content (AvgIpc) is 3.28. The molecule has 0 aromatic heterocycles. The SMILES string of the molecule is CC1[C@H](C)C2OC(=O)[C@@]34O[C@@H]5OC(=O)[C@H](C)C15C23CC1OC(=O)[C@@H](C)C14. The van der Waals surface area contributed by atoms with E-state index in [1.54, 1.807) is 6.92 Å². The van der Waals surface area contributed by atoms with E-state index in [2.05, 4.69) is 13.8 Å². The van der Waals surface area contributed by atoms with Crippen LogP contribution in [0.2, 0.25) is 0 Å². The molecule has 4 heterocycles. The van der Waals surface area contributed by atoms with Crippen molar-refractivity contribution in [2.45, 2.75) is 58.2 Å². The fourth-order valence-corrected chi connectivity index (χ4v) is 8.13. The molecule has 2 aliphatic carbocycles. The molecule has 4 saturated heterocycles. The summed E-state index contributed by atoms with van der Waals surface area (Å²) in [6, 6.07) is 0. The van der Waals surface area contributed by atoms with Gasteiger partial charge in [0, 0.05) is 5.92 Å². The van der Waals surface area contributed by atoms with Gasteiger partial charge in [-0.2, -0.15) is 0 Å². The number of carbonyl (C=O) groups is 3. The van der Waals surface area contributed by atoms with Gasteiger partial charge in [-0.1, -0.05) is 27.7 Å². The van der Waals surface area contributed by atoms with Crippen molar-refractivity contribution in [1.82, 2.24) is 0 Å². The summed E-state index contributed by atoms with van der Waals surface area (Å²) in [6.45, 7) is 7.87. The van der Waals surface area contributed by atoms with E-state index in [0.29, 0.717) is 6.42 Å². The largest absolute Gasteiger partial charge is 0.462 e. The average molecular weight is 362 g/mol. The monoisotopic (exact) mass is 362 g/mol. The molecule has 0 aromatic rings. The van der Waals surface area contributed by atoms with Gasteiger partial charge >= 0.3 is 17.9 Å². The van der Waals surface area contributed by atoms with E-state index in [0.717, 1.165) is 0 Å². The molecule has 4 aliphatic heterocycles. The summed E-state index contributed by atoms with van der Waals surface area (Å²) < 4.78 is 23.6. The summed E-state index contributed by atoms with van der Waals surface area (Å²) in [6.07, 6.45) is -0.977. The van der Waals surface area contributed by atoms with Crippen molar-refractivity contribution in [3.8, 4) is 0 Å². The molecule has 6 aliphatic rings.